The van der Waals surface area contributed by atoms with Gasteiger partial charge < -0.3 is 14.5 Å². The van der Waals surface area contributed by atoms with Crippen molar-refractivity contribution < 1.29 is 18.7 Å². The summed E-state index contributed by atoms with van der Waals surface area (Å²) in [6.07, 6.45) is 5.10. The maximum Gasteiger partial charge on any atom is 0.341 e. The number of carbonyl (C=O) groups is 2. The number of furan rings is 1. The van der Waals surface area contributed by atoms with Crippen molar-refractivity contribution in [3.05, 3.63) is 69.8 Å². The smallest absolute Gasteiger partial charge is 0.341 e. The van der Waals surface area contributed by atoms with Crippen LogP contribution in [0, 0.1) is 11.3 Å². The van der Waals surface area contributed by atoms with Crippen molar-refractivity contribution in [1.29, 1.82) is 5.26 Å². The molecule has 1 aliphatic carbocycles. The van der Waals surface area contributed by atoms with Crippen LogP contribution in [0.3, 0.4) is 0 Å². The molecule has 0 saturated carbocycles. The summed E-state index contributed by atoms with van der Waals surface area (Å²) in [5.41, 5.74) is 2.16. The molecule has 0 unspecified atom stereocenters. The summed E-state index contributed by atoms with van der Waals surface area (Å²) >= 11 is 1.39. The minimum Gasteiger partial charge on any atom is -0.462 e. The standard InChI is InChI=1S/C25H22N2O4S/c1-2-30-25(29)22-19-10-6-7-11-21(19)32-24(22)27-23(28)17(15-26)14-18-12-13-20(31-18)16-8-4-3-5-9-16/h3-5,8-9,12-14H,2,6-7,10-11H2,1H3,(H,27,28). The Morgan fingerprint density at radius 3 is 2.72 bits per heavy atom. The quantitative estimate of drug-likeness (QED) is 0.302. The zero-order valence-electron chi connectivity index (χ0n) is 17.6. The van der Waals surface area contributed by atoms with Crippen LogP contribution in [-0.2, 0) is 22.4 Å². The number of thiophene rings is 1. The van der Waals surface area contributed by atoms with Crippen LogP contribution in [0.2, 0.25) is 0 Å². The number of rotatable bonds is 6. The van der Waals surface area contributed by atoms with Crippen molar-refractivity contribution in [3.63, 3.8) is 0 Å². The molecule has 0 fully saturated rings. The number of carbonyl (C=O) groups excluding carboxylic acids is 2. The predicted octanol–water partition coefficient (Wildman–Crippen LogP) is 5.61. The topological polar surface area (TPSA) is 92.3 Å². The van der Waals surface area contributed by atoms with Gasteiger partial charge in [0.15, 0.2) is 0 Å². The molecule has 1 aromatic carbocycles. The summed E-state index contributed by atoms with van der Waals surface area (Å²) < 4.78 is 11.0. The summed E-state index contributed by atoms with van der Waals surface area (Å²) in [6.45, 7) is 2.00. The number of anilines is 1. The van der Waals surface area contributed by atoms with E-state index in [0.717, 1.165) is 41.7 Å². The molecule has 4 rings (SSSR count). The Balaban J connectivity index is 1.59. The summed E-state index contributed by atoms with van der Waals surface area (Å²) in [4.78, 5) is 26.6. The lowest BCUT2D eigenvalue weighted by Crippen LogP contribution is -2.16. The third-order valence-electron chi connectivity index (χ3n) is 5.21. The molecule has 2 aromatic heterocycles. The number of nitrogens with zero attached hydrogens (tertiary/aromatic N) is 1. The van der Waals surface area contributed by atoms with Gasteiger partial charge in [-0.25, -0.2) is 4.79 Å². The molecule has 2 heterocycles. The lowest BCUT2D eigenvalue weighted by Gasteiger charge is -2.12. The fraction of sp³-hybridized carbons (Fsp3) is 0.240. The highest BCUT2D eigenvalue weighted by Crippen LogP contribution is 2.38. The molecule has 0 spiro atoms. The van der Waals surface area contributed by atoms with Gasteiger partial charge >= 0.3 is 5.97 Å². The van der Waals surface area contributed by atoms with Crippen LogP contribution < -0.4 is 5.32 Å². The first-order chi connectivity index (χ1) is 15.6. The molecule has 0 radical (unpaired) electrons. The first kappa shape index (κ1) is 21.6. The molecule has 0 aliphatic heterocycles. The normalized spacial score (nSPS) is 13.2. The van der Waals surface area contributed by atoms with Crippen molar-refractivity contribution in [2.24, 2.45) is 0 Å². The van der Waals surface area contributed by atoms with Gasteiger partial charge in [0, 0.05) is 16.5 Å². The number of benzene rings is 1. The van der Waals surface area contributed by atoms with E-state index in [1.807, 2.05) is 36.4 Å². The Morgan fingerprint density at radius 1 is 1.19 bits per heavy atom. The third-order valence-corrected chi connectivity index (χ3v) is 6.42. The predicted molar refractivity (Wildman–Crippen MR) is 123 cm³/mol. The first-order valence-corrected chi connectivity index (χ1v) is 11.3. The molecule has 6 nitrogen and oxygen atoms in total. The van der Waals surface area contributed by atoms with Crippen molar-refractivity contribution in [2.75, 3.05) is 11.9 Å². The fourth-order valence-electron chi connectivity index (χ4n) is 3.72. The van der Waals surface area contributed by atoms with Crippen LogP contribution in [0.1, 0.15) is 46.3 Å². The minimum atomic E-state index is -0.589. The van der Waals surface area contributed by atoms with E-state index in [1.165, 1.54) is 17.4 Å². The minimum absolute atomic E-state index is 0.111. The summed E-state index contributed by atoms with van der Waals surface area (Å²) in [5, 5.41) is 12.8. The van der Waals surface area contributed by atoms with Crippen LogP contribution >= 0.6 is 11.3 Å². The van der Waals surface area contributed by atoms with Gasteiger partial charge in [-0.1, -0.05) is 30.3 Å². The molecular formula is C25H22N2O4S. The number of fused-ring (bicyclic) bond motifs is 1. The van der Waals surface area contributed by atoms with E-state index < -0.39 is 11.9 Å². The van der Waals surface area contributed by atoms with Gasteiger partial charge in [-0.2, -0.15) is 5.26 Å². The second-order valence-electron chi connectivity index (χ2n) is 7.33. The number of esters is 1. The first-order valence-electron chi connectivity index (χ1n) is 10.5. The lowest BCUT2D eigenvalue weighted by molar-refractivity contribution is -0.112. The zero-order valence-corrected chi connectivity index (χ0v) is 18.5. The summed E-state index contributed by atoms with van der Waals surface area (Å²) in [5.74, 6) is 0.00857. The summed E-state index contributed by atoms with van der Waals surface area (Å²) in [7, 11) is 0. The third kappa shape index (κ3) is 4.51. The number of ether oxygens (including phenoxy) is 1. The van der Waals surface area contributed by atoms with Gasteiger partial charge in [0.2, 0.25) is 0 Å². The summed E-state index contributed by atoms with van der Waals surface area (Å²) in [6, 6.07) is 15.0. The molecule has 1 amide bonds. The molecular weight excluding hydrogens is 424 g/mol. The van der Waals surface area contributed by atoms with Gasteiger partial charge in [0.25, 0.3) is 5.91 Å². The van der Waals surface area contributed by atoms with E-state index in [0.29, 0.717) is 22.1 Å². The maximum atomic E-state index is 12.9. The van der Waals surface area contributed by atoms with E-state index in [1.54, 1.807) is 19.1 Å². The van der Waals surface area contributed by atoms with Crippen molar-refractivity contribution >= 4 is 34.3 Å². The van der Waals surface area contributed by atoms with E-state index >= 15 is 0 Å². The van der Waals surface area contributed by atoms with E-state index in [-0.39, 0.29) is 12.2 Å². The van der Waals surface area contributed by atoms with Crippen LogP contribution in [0.25, 0.3) is 17.4 Å². The molecule has 32 heavy (non-hydrogen) atoms. The SMILES string of the molecule is CCOC(=O)c1c(NC(=O)C(C#N)=Cc2ccc(-c3ccccc3)o2)sc2c1CCCC2. The van der Waals surface area contributed by atoms with E-state index in [9.17, 15) is 14.9 Å². The van der Waals surface area contributed by atoms with Gasteiger partial charge in [-0.15, -0.1) is 11.3 Å². The van der Waals surface area contributed by atoms with E-state index in [4.69, 9.17) is 9.15 Å². The van der Waals surface area contributed by atoms with Gasteiger partial charge in [-0.05, 0) is 50.3 Å². The molecule has 0 saturated heterocycles. The maximum absolute atomic E-state index is 12.9. The Kier molecular flexibility index (Phi) is 6.52. The van der Waals surface area contributed by atoms with Crippen molar-refractivity contribution in [3.8, 4) is 17.4 Å². The van der Waals surface area contributed by atoms with Crippen molar-refractivity contribution in [2.45, 2.75) is 32.6 Å². The van der Waals surface area contributed by atoms with Crippen LogP contribution in [0.15, 0.2) is 52.5 Å². The number of aryl methyl sites for hydroxylation is 1. The van der Waals surface area contributed by atoms with E-state index in [2.05, 4.69) is 5.32 Å². The average molecular weight is 447 g/mol. The zero-order chi connectivity index (χ0) is 22.5. The average Bonchev–Trinajstić information content (AvgIpc) is 3.42. The number of amides is 1. The number of hydrogen-bond donors (Lipinski definition) is 1. The molecule has 0 atom stereocenters. The van der Waals surface area contributed by atoms with Gasteiger partial charge in [0.1, 0.15) is 28.2 Å². The van der Waals surface area contributed by atoms with Crippen LogP contribution in [0.5, 0.6) is 0 Å². The van der Waals surface area contributed by atoms with Crippen LogP contribution in [-0.4, -0.2) is 18.5 Å². The monoisotopic (exact) mass is 446 g/mol. The molecule has 1 aliphatic rings. The molecule has 3 aromatic rings. The molecule has 162 valence electrons. The highest BCUT2D eigenvalue weighted by Gasteiger charge is 2.27. The van der Waals surface area contributed by atoms with Gasteiger partial charge in [0.05, 0.1) is 12.2 Å². The highest BCUT2D eigenvalue weighted by molar-refractivity contribution is 7.17. The Bertz CT molecular complexity index is 1210. The molecule has 0 bridgehead atoms. The fourth-order valence-corrected chi connectivity index (χ4v) is 4.99. The molecule has 7 heteroatoms. The number of nitrogens with one attached hydrogen (secondary N) is 1. The van der Waals surface area contributed by atoms with Crippen molar-refractivity contribution in [1.82, 2.24) is 0 Å². The number of nitriles is 1. The Hall–Kier alpha value is -3.63. The molecule has 1 N–H and O–H groups in total. The highest BCUT2D eigenvalue weighted by atomic mass is 32.1. The number of hydrogen-bond acceptors (Lipinski definition) is 6. The van der Waals surface area contributed by atoms with Crippen LogP contribution in [0.4, 0.5) is 5.00 Å². The Morgan fingerprint density at radius 2 is 1.97 bits per heavy atom. The largest absolute Gasteiger partial charge is 0.462 e. The Labute approximate surface area is 190 Å². The lowest BCUT2D eigenvalue weighted by atomic mass is 9.95. The second kappa shape index (κ2) is 9.67. The second-order valence-corrected chi connectivity index (χ2v) is 8.43. The van der Waals surface area contributed by atoms with Gasteiger partial charge in [-0.3, -0.25) is 4.79 Å².